The number of hydrogen-bond donors (Lipinski definition) is 2. The Hall–Kier alpha value is -2.01. The molecule has 1 heterocycles. The first-order chi connectivity index (χ1) is 8.02. The van der Waals surface area contributed by atoms with E-state index in [0.29, 0.717) is 11.4 Å². The topological polar surface area (TPSA) is 75.3 Å². The van der Waals surface area contributed by atoms with Crippen molar-refractivity contribution in [2.45, 2.75) is 6.92 Å². The van der Waals surface area contributed by atoms with Gasteiger partial charge in [-0.15, -0.1) is 0 Å². The van der Waals surface area contributed by atoms with E-state index in [9.17, 15) is 9.90 Å². The molecule has 0 radical (unpaired) electrons. The van der Waals surface area contributed by atoms with Gasteiger partial charge in [0.1, 0.15) is 22.2 Å². The highest BCUT2D eigenvalue weighted by Crippen LogP contribution is 2.27. The average molecular weight is 253 g/mol. The summed E-state index contributed by atoms with van der Waals surface area (Å²) < 4.78 is 1.20. The molecule has 5 nitrogen and oxygen atoms in total. The third kappa shape index (κ3) is 1.85. The summed E-state index contributed by atoms with van der Waals surface area (Å²) >= 11 is 5.94. The smallest absolute Gasteiger partial charge is 0.340 e. The minimum absolute atomic E-state index is 0.0196. The van der Waals surface area contributed by atoms with E-state index in [1.165, 1.54) is 10.7 Å². The standard InChI is InChI=1S/C11H9ClN2O3/c1-6-9(11(16)17)10(12)14(13-6)7-4-2-3-5-8(7)15/h2-5,15H,1H3,(H,16,17). The first-order valence-corrected chi connectivity index (χ1v) is 5.17. The molecule has 17 heavy (non-hydrogen) atoms. The Morgan fingerprint density at radius 3 is 2.59 bits per heavy atom. The molecule has 1 aromatic heterocycles. The summed E-state index contributed by atoms with van der Waals surface area (Å²) in [5.74, 6) is -1.16. The zero-order valence-corrected chi connectivity index (χ0v) is 9.64. The maximum atomic E-state index is 11.0. The first kappa shape index (κ1) is 11.5. The molecule has 0 unspecified atom stereocenters. The second-order valence-electron chi connectivity index (χ2n) is 3.46. The highest BCUT2D eigenvalue weighted by atomic mass is 35.5. The van der Waals surface area contributed by atoms with Crippen LogP contribution in [0.15, 0.2) is 24.3 Å². The number of benzene rings is 1. The third-order valence-electron chi connectivity index (χ3n) is 2.33. The van der Waals surface area contributed by atoms with Gasteiger partial charge in [-0.05, 0) is 19.1 Å². The molecular formula is C11H9ClN2O3. The van der Waals surface area contributed by atoms with Gasteiger partial charge in [0.2, 0.25) is 0 Å². The lowest BCUT2D eigenvalue weighted by molar-refractivity contribution is 0.0696. The Balaban J connectivity index is 2.66. The van der Waals surface area contributed by atoms with Crippen LogP contribution in [0.1, 0.15) is 16.1 Å². The van der Waals surface area contributed by atoms with E-state index in [0.717, 1.165) is 0 Å². The summed E-state index contributed by atoms with van der Waals surface area (Å²) in [6.45, 7) is 1.55. The number of rotatable bonds is 2. The molecule has 2 rings (SSSR count). The molecule has 0 amide bonds. The van der Waals surface area contributed by atoms with Gasteiger partial charge in [0.15, 0.2) is 0 Å². The van der Waals surface area contributed by atoms with Crippen LogP contribution in [0.25, 0.3) is 5.69 Å². The molecule has 0 saturated carbocycles. The highest BCUT2D eigenvalue weighted by Gasteiger charge is 2.21. The van der Waals surface area contributed by atoms with E-state index in [4.69, 9.17) is 16.7 Å². The predicted molar refractivity (Wildman–Crippen MR) is 61.9 cm³/mol. The van der Waals surface area contributed by atoms with Crippen molar-refractivity contribution >= 4 is 17.6 Å². The maximum Gasteiger partial charge on any atom is 0.340 e. The second kappa shape index (κ2) is 4.10. The summed E-state index contributed by atoms with van der Waals surface area (Å²) in [7, 11) is 0. The van der Waals surface area contributed by atoms with Crippen LogP contribution < -0.4 is 0 Å². The number of carbonyl (C=O) groups is 1. The lowest BCUT2D eigenvalue weighted by atomic mass is 10.2. The molecule has 6 heteroatoms. The zero-order chi connectivity index (χ0) is 12.6. The van der Waals surface area contributed by atoms with E-state index in [-0.39, 0.29) is 16.5 Å². The number of carboxylic acids is 1. The quantitative estimate of drug-likeness (QED) is 0.859. The van der Waals surface area contributed by atoms with Crippen molar-refractivity contribution < 1.29 is 15.0 Å². The summed E-state index contributed by atoms with van der Waals surface area (Å²) in [5, 5.41) is 22.6. The third-order valence-corrected chi connectivity index (χ3v) is 2.68. The Kier molecular flexibility index (Phi) is 2.77. The molecule has 0 saturated heterocycles. The zero-order valence-electron chi connectivity index (χ0n) is 8.88. The molecule has 0 bridgehead atoms. The van der Waals surface area contributed by atoms with Gasteiger partial charge in [0.25, 0.3) is 0 Å². The van der Waals surface area contributed by atoms with Crippen LogP contribution in [-0.2, 0) is 0 Å². The van der Waals surface area contributed by atoms with E-state index in [2.05, 4.69) is 5.10 Å². The van der Waals surface area contributed by atoms with Gasteiger partial charge in [0, 0.05) is 0 Å². The van der Waals surface area contributed by atoms with Crippen molar-refractivity contribution in [3.8, 4) is 11.4 Å². The monoisotopic (exact) mass is 252 g/mol. The van der Waals surface area contributed by atoms with Crippen molar-refractivity contribution in [2.75, 3.05) is 0 Å². The van der Waals surface area contributed by atoms with Crippen molar-refractivity contribution in [3.05, 3.63) is 40.7 Å². The van der Waals surface area contributed by atoms with E-state index < -0.39 is 5.97 Å². The average Bonchev–Trinajstić information content (AvgIpc) is 2.55. The van der Waals surface area contributed by atoms with Gasteiger partial charge >= 0.3 is 5.97 Å². The number of aromatic carboxylic acids is 1. The number of halogens is 1. The molecule has 88 valence electrons. The molecule has 0 aliphatic carbocycles. The number of carboxylic acid groups (broad SMARTS) is 1. The minimum atomic E-state index is -1.14. The van der Waals surface area contributed by atoms with Crippen LogP contribution in [0.4, 0.5) is 0 Å². The van der Waals surface area contributed by atoms with Crippen LogP contribution >= 0.6 is 11.6 Å². The van der Waals surface area contributed by atoms with E-state index in [1.807, 2.05) is 0 Å². The summed E-state index contributed by atoms with van der Waals surface area (Å²) in [4.78, 5) is 11.0. The predicted octanol–water partition coefficient (Wildman–Crippen LogP) is 2.24. The number of para-hydroxylation sites is 2. The summed E-state index contributed by atoms with van der Waals surface area (Å²) in [6.07, 6.45) is 0. The first-order valence-electron chi connectivity index (χ1n) is 4.79. The Bertz CT molecular complexity index is 592. The van der Waals surface area contributed by atoms with Crippen molar-refractivity contribution in [2.24, 2.45) is 0 Å². The van der Waals surface area contributed by atoms with Gasteiger partial charge in [-0.3, -0.25) is 0 Å². The Morgan fingerprint density at radius 1 is 1.41 bits per heavy atom. The van der Waals surface area contributed by atoms with Crippen LogP contribution in [0.5, 0.6) is 5.75 Å². The number of nitrogens with zero attached hydrogens (tertiary/aromatic N) is 2. The number of phenols is 1. The van der Waals surface area contributed by atoms with Crippen LogP contribution in [0, 0.1) is 6.92 Å². The largest absolute Gasteiger partial charge is 0.506 e. The molecule has 0 atom stereocenters. The van der Waals surface area contributed by atoms with Crippen molar-refractivity contribution in [1.29, 1.82) is 0 Å². The normalized spacial score (nSPS) is 10.5. The fourth-order valence-corrected chi connectivity index (χ4v) is 1.89. The highest BCUT2D eigenvalue weighted by molar-refractivity contribution is 6.33. The second-order valence-corrected chi connectivity index (χ2v) is 3.81. The number of hydrogen-bond acceptors (Lipinski definition) is 3. The van der Waals surface area contributed by atoms with Crippen LogP contribution in [0.2, 0.25) is 5.15 Å². The van der Waals surface area contributed by atoms with Crippen LogP contribution in [0.3, 0.4) is 0 Å². The number of aromatic nitrogens is 2. The van der Waals surface area contributed by atoms with Crippen molar-refractivity contribution in [3.63, 3.8) is 0 Å². The Labute approximate surface area is 102 Å². The molecule has 0 aliphatic rings. The maximum absolute atomic E-state index is 11.0. The fraction of sp³-hybridized carbons (Fsp3) is 0.0909. The van der Waals surface area contributed by atoms with E-state index in [1.54, 1.807) is 25.1 Å². The Morgan fingerprint density at radius 2 is 2.06 bits per heavy atom. The lowest BCUT2D eigenvalue weighted by Gasteiger charge is -2.04. The SMILES string of the molecule is Cc1nn(-c2ccccc2O)c(Cl)c1C(=O)O. The molecule has 0 spiro atoms. The molecular weight excluding hydrogens is 244 g/mol. The van der Waals surface area contributed by atoms with Gasteiger partial charge < -0.3 is 10.2 Å². The number of aryl methyl sites for hydroxylation is 1. The van der Waals surface area contributed by atoms with Gasteiger partial charge in [0.05, 0.1) is 5.69 Å². The molecule has 2 aromatic rings. The number of phenolic OH excluding ortho intramolecular Hbond substituents is 1. The van der Waals surface area contributed by atoms with Crippen LogP contribution in [-0.4, -0.2) is 26.0 Å². The molecule has 0 fully saturated rings. The summed E-state index contributed by atoms with van der Waals surface area (Å²) in [5.41, 5.74) is 0.578. The van der Waals surface area contributed by atoms with Gasteiger partial charge in [-0.2, -0.15) is 5.10 Å². The van der Waals surface area contributed by atoms with Gasteiger partial charge in [-0.1, -0.05) is 23.7 Å². The van der Waals surface area contributed by atoms with E-state index >= 15 is 0 Å². The minimum Gasteiger partial charge on any atom is -0.506 e. The number of aromatic hydroxyl groups is 1. The molecule has 1 aromatic carbocycles. The molecule has 0 aliphatic heterocycles. The molecule has 2 N–H and O–H groups in total. The van der Waals surface area contributed by atoms with Gasteiger partial charge in [-0.25, -0.2) is 9.48 Å². The lowest BCUT2D eigenvalue weighted by Crippen LogP contribution is -1.99. The summed E-state index contributed by atoms with van der Waals surface area (Å²) in [6, 6.07) is 6.42. The fourth-order valence-electron chi connectivity index (χ4n) is 1.54. The van der Waals surface area contributed by atoms with Crippen molar-refractivity contribution in [1.82, 2.24) is 9.78 Å².